The summed E-state index contributed by atoms with van der Waals surface area (Å²) in [5.74, 6) is -3.08. The van der Waals surface area contributed by atoms with Gasteiger partial charge in [-0.25, -0.2) is 4.79 Å². The van der Waals surface area contributed by atoms with Crippen LogP contribution in [-0.4, -0.2) is 89.2 Å². The molecule has 0 aliphatic carbocycles. The van der Waals surface area contributed by atoms with Gasteiger partial charge in [-0.15, -0.1) is 0 Å². The largest absolute Gasteiger partial charge is 0.479 e. The van der Waals surface area contributed by atoms with Gasteiger partial charge in [0.1, 0.15) is 18.8 Å². The second-order valence-electron chi connectivity index (χ2n) is 21.4. The van der Waals surface area contributed by atoms with Gasteiger partial charge in [-0.2, -0.15) is 0 Å². The van der Waals surface area contributed by atoms with E-state index in [1.165, 1.54) is 180 Å². The minimum Gasteiger partial charge on any atom is -0.479 e. The molecule has 6 atom stereocenters. The van der Waals surface area contributed by atoms with E-state index in [1.807, 2.05) is 0 Å². The number of carboxylic acid groups (broad SMARTS) is 1. The first kappa shape index (κ1) is 68.5. The fourth-order valence-electron chi connectivity index (χ4n) is 9.60. The van der Waals surface area contributed by atoms with Gasteiger partial charge in [-0.05, 0) is 44.9 Å². The molecule has 0 saturated carbocycles. The third-order valence-corrected chi connectivity index (χ3v) is 14.3. The van der Waals surface area contributed by atoms with Crippen LogP contribution in [-0.2, 0) is 42.9 Å². The molecule has 0 radical (unpaired) electrons. The molecule has 1 aliphatic rings. The van der Waals surface area contributed by atoms with Gasteiger partial charge in [0, 0.05) is 19.3 Å². The number of carbonyl (C=O) groups excluding carboxylic acids is 3. The highest BCUT2D eigenvalue weighted by Crippen LogP contribution is 2.27. The average molecular weight is 1040 g/mol. The van der Waals surface area contributed by atoms with Crippen LogP contribution in [0, 0.1) is 0 Å². The summed E-state index contributed by atoms with van der Waals surface area (Å²) in [6.45, 7) is 6.01. The minimum absolute atomic E-state index is 0.0679. The molecular weight excluding hydrogens is 925 g/mol. The quantitative estimate of drug-likeness (QED) is 0.0228. The summed E-state index contributed by atoms with van der Waals surface area (Å²) in [5, 5.41) is 31.4. The number of aliphatic hydroxyl groups excluding tert-OH is 2. The molecule has 1 heterocycles. The molecule has 6 unspecified atom stereocenters. The number of carbonyl (C=O) groups is 4. The molecule has 73 heavy (non-hydrogen) atoms. The van der Waals surface area contributed by atoms with E-state index in [0.29, 0.717) is 19.3 Å². The number of allylic oxidation sites excluding steroid dienone is 2. The van der Waals surface area contributed by atoms with E-state index < -0.39 is 67.3 Å². The number of hydrogen-bond donors (Lipinski definition) is 3. The van der Waals surface area contributed by atoms with Crippen molar-refractivity contribution in [3.05, 3.63) is 12.2 Å². The van der Waals surface area contributed by atoms with Crippen molar-refractivity contribution in [1.29, 1.82) is 0 Å². The topological polar surface area (TPSA) is 175 Å². The van der Waals surface area contributed by atoms with Crippen LogP contribution in [0.3, 0.4) is 0 Å². The number of rotatable bonds is 53. The van der Waals surface area contributed by atoms with Crippen LogP contribution >= 0.6 is 0 Å². The Morgan fingerprint density at radius 1 is 0.438 bits per heavy atom. The number of carboxylic acids is 1. The zero-order chi connectivity index (χ0) is 53.3. The van der Waals surface area contributed by atoms with E-state index in [-0.39, 0.29) is 25.9 Å². The van der Waals surface area contributed by atoms with Gasteiger partial charge >= 0.3 is 23.9 Å². The van der Waals surface area contributed by atoms with Gasteiger partial charge in [0.25, 0.3) is 0 Å². The summed E-state index contributed by atoms with van der Waals surface area (Å²) >= 11 is 0. The third kappa shape index (κ3) is 40.4. The van der Waals surface area contributed by atoms with Gasteiger partial charge in [0.05, 0.1) is 6.61 Å². The van der Waals surface area contributed by atoms with Crippen molar-refractivity contribution < 1.29 is 58.2 Å². The van der Waals surface area contributed by atoms with Gasteiger partial charge in [0.2, 0.25) is 0 Å². The van der Waals surface area contributed by atoms with Crippen molar-refractivity contribution >= 4 is 23.9 Å². The van der Waals surface area contributed by atoms with Gasteiger partial charge < -0.3 is 39.0 Å². The Hall–Kier alpha value is -2.54. The predicted molar refractivity (Wildman–Crippen MR) is 294 cm³/mol. The third-order valence-electron chi connectivity index (χ3n) is 14.3. The van der Waals surface area contributed by atoms with Gasteiger partial charge in [-0.1, -0.05) is 251 Å². The lowest BCUT2D eigenvalue weighted by Gasteiger charge is -2.40. The molecule has 12 nitrogen and oxygen atoms in total. The molecule has 1 fully saturated rings. The fourth-order valence-corrected chi connectivity index (χ4v) is 9.60. The van der Waals surface area contributed by atoms with Crippen molar-refractivity contribution in [1.82, 2.24) is 0 Å². The Balaban J connectivity index is 2.63. The maximum Gasteiger partial charge on any atom is 0.335 e. The lowest BCUT2D eigenvalue weighted by atomic mass is 9.98. The Bertz CT molecular complexity index is 1320. The van der Waals surface area contributed by atoms with Gasteiger partial charge in [-0.3, -0.25) is 14.4 Å². The molecule has 0 aromatic rings. The highest BCUT2D eigenvalue weighted by atomic mass is 16.7. The molecule has 1 saturated heterocycles. The lowest BCUT2D eigenvalue weighted by molar-refractivity contribution is -0.301. The Morgan fingerprint density at radius 3 is 1.16 bits per heavy atom. The number of unbranched alkanes of at least 4 members (excludes halogenated alkanes) is 37. The van der Waals surface area contributed by atoms with Crippen molar-refractivity contribution in [2.75, 3.05) is 13.2 Å². The van der Waals surface area contributed by atoms with Crippen molar-refractivity contribution in [3.8, 4) is 0 Å². The van der Waals surface area contributed by atoms with Crippen LogP contribution in [0.2, 0.25) is 0 Å². The van der Waals surface area contributed by atoms with E-state index >= 15 is 0 Å². The SMILES string of the molecule is CCCCCCCC/C=C\CCCCCCCCCCCC(=O)OCC(COC1OC(C(=O)O)C(O)C(O)C1OC(=O)CCCCCCCCCCCCC)OC(=O)CCCCCCCCCCCCCCC. The molecule has 0 aromatic carbocycles. The monoisotopic (exact) mass is 1040 g/mol. The summed E-state index contributed by atoms with van der Waals surface area (Å²) in [4.78, 5) is 51.1. The van der Waals surface area contributed by atoms with Crippen LogP contribution in [0.25, 0.3) is 0 Å². The van der Waals surface area contributed by atoms with Crippen molar-refractivity contribution in [2.24, 2.45) is 0 Å². The maximum absolute atomic E-state index is 13.1. The molecule has 428 valence electrons. The zero-order valence-corrected chi connectivity index (χ0v) is 47.2. The normalized spacial score (nSPS) is 18.3. The van der Waals surface area contributed by atoms with E-state index in [1.54, 1.807) is 0 Å². The Kier molecular flexibility index (Phi) is 47.2. The lowest BCUT2D eigenvalue weighted by Crippen LogP contribution is -2.61. The molecular formula is C61H112O12. The summed E-state index contributed by atoms with van der Waals surface area (Å²) < 4.78 is 28.4. The number of ether oxygens (including phenoxy) is 5. The van der Waals surface area contributed by atoms with Crippen molar-refractivity contribution in [3.63, 3.8) is 0 Å². The molecule has 0 aromatic heterocycles. The smallest absolute Gasteiger partial charge is 0.335 e. The van der Waals surface area contributed by atoms with Crippen LogP contribution < -0.4 is 0 Å². The van der Waals surface area contributed by atoms with Crippen molar-refractivity contribution in [2.45, 2.75) is 340 Å². The maximum atomic E-state index is 13.1. The highest BCUT2D eigenvalue weighted by molar-refractivity contribution is 5.74. The first-order valence-electron chi connectivity index (χ1n) is 30.7. The Morgan fingerprint density at radius 2 is 0.781 bits per heavy atom. The number of aliphatic carboxylic acids is 1. The zero-order valence-electron chi connectivity index (χ0n) is 47.2. The predicted octanol–water partition coefficient (Wildman–Crippen LogP) is 15.7. The molecule has 0 bridgehead atoms. The van der Waals surface area contributed by atoms with E-state index in [0.717, 1.165) is 64.2 Å². The van der Waals surface area contributed by atoms with Crippen LogP contribution in [0.4, 0.5) is 0 Å². The number of esters is 3. The highest BCUT2D eigenvalue weighted by Gasteiger charge is 2.50. The summed E-state index contributed by atoms with van der Waals surface area (Å²) in [7, 11) is 0. The fraction of sp³-hybridized carbons (Fsp3) is 0.902. The summed E-state index contributed by atoms with van der Waals surface area (Å²) in [5.41, 5.74) is 0. The van der Waals surface area contributed by atoms with E-state index in [9.17, 15) is 34.5 Å². The summed E-state index contributed by atoms with van der Waals surface area (Å²) in [6, 6.07) is 0. The first-order chi connectivity index (χ1) is 35.6. The van der Waals surface area contributed by atoms with E-state index in [2.05, 4.69) is 32.9 Å². The standard InChI is InChI=1S/C61H112O12/c1-4-7-10-13-16-19-22-24-25-26-27-28-29-31-33-35-38-41-44-47-53(62)69-50-52(71-54(63)48-45-42-39-37-34-30-23-20-17-14-11-8-5-2)51-70-61-59(57(66)56(65)58(73-61)60(67)68)72-55(64)49-46-43-40-36-32-21-18-15-12-9-6-3/h24-25,52,56-59,61,65-66H,4-23,26-51H2,1-3H3,(H,67,68)/b25-24-. The van der Waals surface area contributed by atoms with Gasteiger partial charge in [0.15, 0.2) is 24.6 Å². The molecule has 12 heteroatoms. The molecule has 0 spiro atoms. The molecule has 1 aliphatic heterocycles. The molecule has 3 N–H and O–H groups in total. The Labute approximate surface area is 446 Å². The summed E-state index contributed by atoms with van der Waals surface area (Å²) in [6.07, 6.45) is 43.3. The minimum atomic E-state index is -1.89. The molecule has 1 rings (SSSR count). The average Bonchev–Trinajstić information content (AvgIpc) is 3.37. The van der Waals surface area contributed by atoms with Crippen LogP contribution in [0.1, 0.15) is 303 Å². The van der Waals surface area contributed by atoms with E-state index in [4.69, 9.17) is 23.7 Å². The number of aliphatic hydroxyl groups is 2. The second kappa shape index (κ2) is 50.3. The second-order valence-corrected chi connectivity index (χ2v) is 21.4. The molecule has 0 amide bonds. The van der Waals surface area contributed by atoms with Crippen LogP contribution in [0.5, 0.6) is 0 Å². The number of hydrogen-bond acceptors (Lipinski definition) is 11. The first-order valence-corrected chi connectivity index (χ1v) is 30.7. The van der Waals surface area contributed by atoms with Crippen LogP contribution in [0.15, 0.2) is 12.2 Å².